The van der Waals surface area contributed by atoms with Crippen molar-refractivity contribution in [3.8, 4) is 0 Å². The fraction of sp³-hybridized carbons (Fsp3) is 0.133. The van der Waals surface area contributed by atoms with Crippen LogP contribution in [0.5, 0.6) is 0 Å². The first-order chi connectivity index (χ1) is 17.6. The normalized spacial score (nSPS) is 11.9. The molecule has 6 heteroatoms. The third-order valence-corrected chi connectivity index (χ3v) is 6.36. The highest BCUT2D eigenvalue weighted by atomic mass is 19.1. The molecule has 5 aromatic rings. The summed E-state index contributed by atoms with van der Waals surface area (Å²) < 4.78 is 29.3. The van der Waals surface area contributed by atoms with Crippen molar-refractivity contribution in [2.45, 2.75) is 25.4 Å². The molecule has 1 N–H and O–H groups in total. The molecule has 0 aliphatic rings. The third-order valence-electron chi connectivity index (χ3n) is 6.36. The van der Waals surface area contributed by atoms with Crippen LogP contribution < -0.4 is 5.32 Å². The van der Waals surface area contributed by atoms with Gasteiger partial charge in [-0.2, -0.15) is 0 Å². The minimum Gasteiger partial charge on any atom is -0.352 e. The van der Waals surface area contributed by atoms with Crippen LogP contribution in [0.2, 0.25) is 0 Å². The smallest absolute Gasteiger partial charge is 0.221 e. The molecule has 0 saturated carbocycles. The maximum Gasteiger partial charge on any atom is 0.221 e. The van der Waals surface area contributed by atoms with Crippen LogP contribution in [0.3, 0.4) is 0 Å². The van der Waals surface area contributed by atoms with Gasteiger partial charge in [0.05, 0.1) is 0 Å². The molecule has 0 radical (unpaired) electrons. The van der Waals surface area contributed by atoms with Gasteiger partial charge < -0.3 is 9.88 Å². The first-order valence-corrected chi connectivity index (χ1v) is 11.8. The molecule has 0 bridgehead atoms. The van der Waals surface area contributed by atoms with E-state index in [9.17, 15) is 13.6 Å². The highest BCUT2D eigenvalue weighted by molar-refractivity contribution is 5.86. The Hall–Kier alpha value is -4.32. The van der Waals surface area contributed by atoms with Gasteiger partial charge in [-0.05, 0) is 64.7 Å². The second kappa shape index (κ2) is 10.5. The van der Waals surface area contributed by atoms with Gasteiger partial charge in [-0.3, -0.25) is 9.78 Å². The number of rotatable bonds is 8. The largest absolute Gasteiger partial charge is 0.352 e. The van der Waals surface area contributed by atoms with Crippen molar-refractivity contribution in [2.75, 3.05) is 0 Å². The molecular weight excluding hydrogens is 456 g/mol. The van der Waals surface area contributed by atoms with Crippen molar-refractivity contribution in [1.29, 1.82) is 0 Å². The summed E-state index contributed by atoms with van der Waals surface area (Å²) in [6.07, 6.45) is 5.65. The zero-order chi connectivity index (χ0) is 24.9. The summed E-state index contributed by atoms with van der Waals surface area (Å²) >= 11 is 0. The number of fused-ring (bicyclic) bond motifs is 1. The molecule has 0 spiro atoms. The lowest BCUT2D eigenvalue weighted by Crippen LogP contribution is -2.25. The number of aromatic nitrogens is 2. The Morgan fingerprint density at radius 3 is 2.22 bits per heavy atom. The van der Waals surface area contributed by atoms with Crippen molar-refractivity contribution < 1.29 is 13.6 Å². The molecule has 0 unspecified atom stereocenters. The van der Waals surface area contributed by atoms with Crippen LogP contribution >= 0.6 is 0 Å². The molecule has 0 aliphatic carbocycles. The van der Waals surface area contributed by atoms with Crippen molar-refractivity contribution in [3.05, 3.63) is 137 Å². The fourth-order valence-corrected chi connectivity index (χ4v) is 4.53. The Kier molecular flexibility index (Phi) is 6.85. The number of para-hydroxylation sites is 1. The number of nitrogens with zero attached hydrogens (tertiary/aromatic N) is 2. The summed E-state index contributed by atoms with van der Waals surface area (Å²) in [6, 6.07) is 24.5. The molecule has 180 valence electrons. The van der Waals surface area contributed by atoms with Crippen molar-refractivity contribution >= 4 is 16.8 Å². The lowest BCUT2D eigenvalue weighted by atomic mass is 9.88. The molecule has 0 fully saturated rings. The van der Waals surface area contributed by atoms with E-state index in [1.807, 2.05) is 36.4 Å². The molecule has 2 aromatic heterocycles. The molecule has 36 heavy (non-hydrogen) atoms. The average Bonchev–Trinajstić information content (AvgIpc) is 3.27. The van der Waals surface area contributed by atoms with Gasteiger partial charge in [-0.25, -0.2) is 8.78 Å². The fourth-order valence-electron chi connectivity index (χ4n) is 4.53. The minimum atomic E-state index is -0.321. The SMILES string of the molecule is O=C(C[C@H](c1ccc(F)cc1)c1cn(Cc2ccc(F)cc2)c2ccccc12)NCc1ccncc1. The number of hydrogen-bond acceptors (Lipinski definition) is 2. The summed E-state index contributed by atoms with van der Waals surface area (Å²) in [5, 5.41) is 4.02. The van der Waals surface area contributed by atoms with Crippen molar-refractivity contribution in [1.82, 2.24) is 14.9 Å². The summed E-state index contributed by atoms with van der Waals surface area (Å²) in [5.74, 6) is -0.969. The molecule has 0 aliphatic heterocycles. The average molecular weight is 482 g/mol. The van der Waals surface area contributed by atoms with Gasteiger partial charge >= 0.3 is 0 Å². The Labute approximate surface area is 208 Å². The zero-order valence-corrected chi connectivity index (χ0v) is 19.6. The highest BCUT2D eigenvalue weighted by Crippen LogP contribution is 2.35. The van der Waals surface area contributed by atoms with Gasteiger partial charge in [-0.15, -0.1) is 0 Å². The predicted octanol–water partition coefficient (Wildman–Crippen LogP) is 6.20. The van der Waals surface area contributed by atoms with Crippen molar-refractivity contribution in [2.24, 2.45) is 0 Å². The first-order valence-electron chi connectivity index (χ1n) is 11.8. The highest BCUT2D eigenvalue weighted by Gasteiger charge is 2.23. The van der Waals surface area contributed by atoms with E-state index in [2.05, 4.69) is 21.1 Å². The maximum absolute atomic E-state index is 13.7. The molecule has 4 nitrogen and oxygen atoms in total. The molecule has 0 saturated heterocycles. The van der Waals surface area contributed by atoms with Crippen LogP contribution in [-0.4, -0.2) is 15.5 Å². The Morgan fingerprint density at radius 2 is 1.50 bits per heavy atom. The Morgan fingerprint density at radius 1 is 0.833 bits per heavy atom. The van der Waals surface area contributed by atoms with Gasteiger partial charge in [0.1, 0.15) is 11.6 Å². The number of nitrogens with one attached hydrogen (secondary N) is 1. The molecule has 5 rings (SSSR count). The molecule has 3 aromatic carbocycles. The summed E-state index contributed by atoms with van der Waals surface area (Å²) in [7, 11) is 0. The standard InChI is InChI=1S/C30H25F2N3O/c31-24-9-5-22(6-10-24)19-35-20-28(26-3-1-2-4-29(26)35)27(23-7-11-25(32)12-8-23)17-30(36)34-18-21-13-15-33-16-14-21/h1-16,20,27H,17-19H2,(H,34,36)/t27-/m1/s1. The van der Waals surface area contributed by atoms with Crippen LogP contribution in [-0.2, 0) is 17.9 Å². The Bertz CT molecular complexity index is 1460. The molecule has 1 amide bonds. The predicted molar refractivity (Wildman–Crippen MR) is 136 cm³/mol. The van der Waals surface area contributed by atoms with Gasteiger partial charge in [-0.1, -0.05) is 42.5 Å². The quantitative estimate of drug-likeness (QED) is 0.287. The van der Waals surface area contributed by atoms with Crippen LogP contribution in [0.1, 0.15) is 34.6 Å². The van der Waals surface area contributed by atoms with E-state index < -0.39 is 0 Å². The number of pyridine rings is 1. The monoisotopic (exact) mass is 481 g/mol. The number of carbonyl (C=O) groups excluding carboxylic acids is 1. The second-order valence-electron chi connectivity index (χ2n) is 8.80. The number of hydrogen-bond donors (Lipinski definition) is 1. The van der Waals surface area contributed by atoms with Crippen molar-refractivity contribution in [3.63, 3.8) is 0 Å². The summed E-state index contributed by atoms with van der Waals surface area (Å²) in [4.78, 5) is 17.1. The van der Waals surface area contributed by atoms with E-state index in [0.717, 1.165) is 33.2 Å². The number of amides is 1. The topological polar surface area (TPSA) is 46.9 Å². The minimum absolute atomic E-state index is 0.100. The molecular formula is C30H25F2N3O. The van der Waals surface area contributed by atoms with Gasteiger partial charge in [0, 0.05) is 54.9 Å². The van der Waals surface area contributed by atoms with Crippen LogP contribution in [0.15, 0.2) is 104 Å². The van der Waals surface area contributed by atoms with Gasteiger partial charge in [0.15, 0.2) is 0 Å². The van der Waals surface area contributed by atoms with E-state index in [0.29, 0.717) is 13.1 Å². The van der Waals surface area contributed by atoms with Gasteiger partial charge in [0.2, 0.25) is 5.91 Å². The number of halogens is 2. The molecule has 2 heterocycles. The Balaban J connectivity index is 1.49. The van der Waals surface area contributed by atoms with E-state index >= 15 is 0 Å². The third kappa shape index (κ3) is 5.33. The van der Waals surface area contributed by atoms with E-state index in [-0.39, 0.29) is 29.9 Å². The van der Waals surface area contributed by atoms with Gasteiger partial charge in [0.25, 0.3) is 0 Å². The summed E-state index contributed by atoms with van der Waals surface area (Å²) in [6.45, 7) is 0.967. The lowest BCUT2D eigenvalue weighted by molar-refractivity contribution is -0.121. The second-order valence-corrected chi connectivity index (χ2v) is 8.80. The maximum atomic E-state index is 13.7. The van der Waals surface area contributed by atoms with E-state index in [1.165, 1.54) is 24.3 Å². The zero-order valence-electron chi connectivity index (χ0n) is 19.6. The lowest BCUT2D eigenvalue weighted by Gasteiger charge is -2.17. The van der Waals surface area contributed by atoms with Crippen LogP contribution in [0.4, 0.5) is 8.78 Å². The summed E-state index contributed by atoms with van der Waals surface area (Å²) in [5.41, 5.74) is 4.80. The first kappa shape index (κ1) is 23.4. The molecule has 1 atom stereocenters. The van der Waals surface area contributed by atoms with E-state index in [4.69, 9.17) is 0 Å². The van der Waals surface area contributed by atoms with Crippen LogP contribution in [0.25, 0.3) is 10.9 Å². The van der Waals surface area contributed by atoms with E-state index in [1.54, 1.807) is 36.7 Å². The number of benzene rings is 3. The van der Waals surface area contributed by atoms with Crippen LogP contribution in [0, 0.1) is 11.6 Å². The number of carbonyl (C=O) groups is 1.